The van der Waals surface area contributed by atoms with Crippen molar-refractivity contribution < 1.29 is 13.2 Å². The van der Waals surface area contributed by atoms with Gasteiger partial charge in [0.2, 0.25) is 15.9 Å². The van der Waals surface area contributed by atoms with Crippen molar-refractivity contribution >= 4 is 15.9 Å². The van der Waals surface area contributed by atoms with Crippen molar-refractivity contribution in [3.05, 3.63) is 12.7 Å². The average Bonchev–Trinajstić information content (AvgIpc) is 2.55. The number of hydrogen-bond acceptors (Lipinski definition) is 3. The molecule has 1 atom stereocenters. The standard InChI is InChI=1S/C17H30N2O3S/c1-4-17(9-7-6-8-10-17)13-16(20)19-12-11-18(14-15(19)3)23(21,22)5-2/h4,15H,1,5-14H2,2-3H3/t15-/m1/s1. The fourth-order valence-corrected chi connectivity index (χ4v) is 5.01. The molecule has 0 unspecified atom stereocenters. The minimum absolute atomic E-state index is 0.0539. The van der Waals surface area contributed by atoms with Crippen LogP contribution in [0.3, 0.4) is 0 Å². The topological polar surface area (TPSA) is 57.7 Å². The molecule has 1 saturated carbocycles. The lowest BCUT2D eigenvalue weighted by Crippen LogP contribution is -2.56. The first-order chi connectivity index (χ1) is 10.8. The van der Waals surface area contributed by atoms with Crippen LogP contribution in [0.5, 0.6) is 0 Å². The third-order valence-corrected chi connectivity index (χ3v) is 7.30. The molecule has 1 saturated heterocycles. The van der Waals surface area contributed by atoms with Crippen molar-refractivity contribution in [2.45, 2.75) is 58.4 Å². The molecule has 0 aromatic carbocycles. The highest BCUT2D eigenvalue weighted by atomic mass is 32.2. The summed E-state index contributed by atoms with van der Waals surface area (Å²) in [5, 5.41) is 0. The van der Waals surface area contributed by atoms with Gasteiger partial charge in [-0.2, -0.15) is 4.31 Å². The van der Waals surface area contributed by atoms with Crippen molar-refractivity contribution in [3.8, 4) is 0 Å². The number of sulfonamides is 1. The number of carbonyl (C=O) groups excluding carboxylic acids is 1. The van der Waals surface area contributed by atoms with Crippen LogP contribution >= 0.6 is 0 Å². The molecular weight excluding hydrogens is 312 g/mol. The van der Waals surface area contributed by atoms with Crippen LogP contribution in [-0.4, -0.2) is 55.0 Å². The first kappa shape index (κ1) is 18.5. The smallest absolute Gasteiger partial charge is 0.223 e. The maximum atomic E-state index is 12.8. The predicted molar refractivity (Wildman–Crippen MR) is 92.5 cm³/mol. The molecule has 23 heavy (non-hydrogen) atoms. The lowest BCUT2D eigenvalue weighted by Gasteiger charge is -2.41. The Kier molecular flexibility index (Phi) is 5.89. The van der Waals surface area contributed by atoms with E-state index in [1.807, 2.05) is 17.9 Å². The number of rotatable bonds is 5. The fraction of sp³-hybridized carbons (Fsp3) is 0.824. The van der Waals surface area contributed by atoms with Crippen molar-refractivity contribution in [3.63, 3.8) is 0 Å². The summed E-state index contributed by atoms with van der Waals surface area (Å²) in [5.74, 6) is 0.264. The van der Waals surface area contributed by atoms with Crippen LogP contribution in [0.2, 0.25) is 0 Å². The van der Waals surface area contributed by atoms with Crippen molar-refractivity contribution in [2.24, 2.45) is 5.41 Å². The van der Waals surface area contributed by atoms with Crippen molar-refractivity contribution in [2.75, 3.05) is 25.4 Å². The highest BCUT2D eigenvalue weighted by Crippen LogP contribution is 2.40. The van der Waals surface area contributed by atoms with E-state index in [1.54, 1.807) is 6.92 Å². The third kappa shape index (κ3) is 4.15. The SMILES string of the molecule is C=CC1(CC(=O)N2CCN(S(=O)(=O)CC)C[C@H]2C)CCCCC1. The lowest BCUT2D eigenvalue weighted by atomic mass is 9.71. The molecule has 1 heterocycles. The van der Waals surface area contributed by atoms with E-state index in [4.69, 9.17) is 0 Å². The normalized spacial score (nSPS) is 26.0. The van der Waals surface area contributed by atoms with Crippen molar-refractivity contribution in [1.29, 1.82) is 0 Å². The van der Waals surface area contributed by atoms with E-state index < -0.39 is 10.0 Å². The number of nitrogens with zero attached hydrogens (tertiary/aromatic N) is 2. The van der Waals surface area contributed by atoms with Gasteiger partial charge in [0.1, 0.15) is 0 Å². The summed E-state index contributed by atoms with van der Waals surface area (Å²) >= 11 is 0. The van der Waals surface area contributed by atoms with Crippen LogP contribution in [0, 0.1) is 5.41 Å². The van der Waals surface area contributed by atoms with Gasteiger partial charge in [-0.15, -0.1) is 6.58 Å². The molecule has 2 aliphatic rings. The minimum atomic E-state index is -3.17. The Morgan fingerprint density at radius 2 is 1.91 bits per heavy atom. The Morgan fingerprint density at radius 3 is 2.43 bits per heavy atom. The molecule has 6 heteroatoms. The number of allylic oxidation sites excluding steroid dienone is 1. The molecule has 0 aromatic rings. The molecule has 2 rings (SSSR count). The van der Waals surface area contributed by atoms with Crippen LogP contribution in [0.1, 0.15) is 52.4 Å². The molecular formula is C17H30N2O3S. The van der Waals surface area contributed by atoms with Gasteiger partial charge >= 0.3 is 0 Å². The molecule has 5 nitrogen and oxygen atoms in total. The van der Waals surface area contributed by atoms with Crippen molar-refractivity contribution in [1.82, 2.24) is 9.21 Å². The van der Waals surface area contributed by atoms with Gasteiger partial charge in [0.05, 0.1) is 5.75 Å². The molecule has 0 bridgehead atoms. The summed E-state index contributed by atoms with van der Waals surface area (Å²) in [6.07, 6.45) is 8.15. The number of hydrogen-bond donors (Lipinski definition) is 0. The highest BCUT2D eigenvalue weighted by Gasteiger charge is 2.37. The van der Waals surface area contributed by atoms with E-state index in [0.29, 0.717) is 26.1 Å². The van der Waals surface area contributed by atoms with Gasteiger partial charge < -0.3 is 4.90 Å². The van der Waals surface area contributed by atoms with E-state index >= 15 is 0 Å². The van der Waals surface area contributed by atoms with Gasteiger partial charge in [-0.3, -0.25) is 4.79 Å². The Bertz CT molecular complexity index is 538. The Balaban J connectivity index is 2.00. The molecule has 2 fully saturated rings. The van der Waals surface area contributed by atoms with Crippen LogP contribution < -0.4 is 0 Å². The van der Waals surface area contributed by atoms with Crippen LogP contribution in [0.25, 0.3) is 0 Å². The van der Waals surface area contributed by atoms with E-state index in [2.05, 4.69) is 6.58 Å². The van der Waals surface area contributed by atoms with Gasteiger partial charge in [0, 0.05) is 32.1 Å². The zero-order chi connectivity index (χ0) is 17.1. The zero-order valence-electron chi connectivity index (χ0n) is 14.5. The molecule has 1 aliphatic heterocycles. The molecule has 1 aliphatic carbocycles. The molecule has 0 aromatic heterocycles. The second-order valence-electron chi connectivity index (χ2n) is 7.00. The highest BCUT2D eigenvalue weighted by molar-refractivity contribution is 7.89. The molecule has 0 radical (unpaired) electrons. The third-order valence-electron chi connectivity index (χ3n) is 5.45. The Morgan fingerprint density at radius 1 is 1.26 bits per heavy atom. The monoisotopic (exact) mass is 342 g/mol. The zero-order valence-corrected chi connectivity index (χ0v) is 15.3. The van der Waals surface area contributed by atoms with E-state index in [0.717, 1.165) is 25.7 Å². The molecule has 0 N–H and O–H groups in total. The first-order valence-corrected chi connectivity index (χ1v) is 10.4. The number of carbonyl (C=O) groups is 1. The first-order valence-electron chi connectivity index (χ1n) is 8.74. The van der Waals surface area contributed by atoms with Crippen LogP contribution in [0.4, 0.5) is 0 Å². The fourth-order valence-electron chi connectivity index (χ4n) is 3.84. The van der Waals surface area contributed by atoms with Gasteiger partial charge in [0.25, 0.3) is 0 Å². The van der Waals surface area contributed by atoms with E-state index in [1.165, 1.54) is 10.7 Å². The number of amides is 1. The summed E-state index contributed by atoms with van der Waals surface area (Å²) in [7, 11) is -3.17. The van der Waals surface area contributed by atoms with Crippen LogP contribution in [-0.2, 0) is 14.8 Å². The quantitative estimate of drug-likeness (QED) is 0.721. The number of piperazine rings is 1. The largest absolute Gasteiger partial charge is 0.337 e. The predicted octanol–water partition coefficient (Wildman–Crippen LogP) is 2.40. The molecule has 0 spiro atoms. The minimum Gasteiger partial charge on any atom is -0.337 e. The summed E-state index contributed by atoms with van der Waals surface area (Å²) < 4.78 is 25.5. The second-order valence-corrected chi connectivity index (χ2v) is 9.26. The summed E-state index contributed by atoms with van der Waals surface area (Å²) in [4.78, 5) is 14.6. The lowest BCUT2D eigenvalue weighted by molar-refractivity contribution is -0.137. The summed E-state index contributed by atoms with van der Waals surface area (Å²) in [6.45, 7) is 8.88. The van der Waals surface area contributed by atoms with Gasteiger partial charge in [-0.1, -0.05) is 25.3 Å². The Hall–Kier alpha value is -0.880. The maximum Gasteiger partial charge on any atom is 0.223 e. The Labute approximate surface area is 140 Å². The molecule has 132 valence electrons. The van der Waals surface area contributed by atoms with Gasteiger partial charge in [-0.05, 0) is 32.1 Å². The van der Waals surface area contributed by atoms with E-state index in [9.17, 15) is 13.2 Å². The summed E-state index contributed by atoms with van der Waals surface area (Å²) in [6, 6.07) is -0.0666. The maximum absolute atomic E-state index is 12.8. The molecule has 1 amide bonds. The summed E-state index contributed by atoms with van der Waals surface area (Å²) in [5.41, 5.74) is -0.0539. The second kappa shape index (κ2) is 7.34. The van der Waals surface area contributed by atoms with Crippen LogP contribution in [0.15, 0.2) is 12.7 Å². The van der Waals surface area contributed by atoms with Gasteiger partial charge in [-0.25, -0.2) is 8.42 Å². The van der Waals surface area contributed by atoms with E-state index in [-0.39, 0.29) is 23.1 Å². The average molecular weight is 343 g/mol. The van der Waals surface area contributed by atoms with Gasteiger partial charge in [0.15, 0.2) is 0 Å².